The molecule has 0 N–H and O–H groups in total. The van der Waals surface area contributed by atoms with Crippen LogP contribution in [0.25, 0.3) is 0 Å². The molecule has 1 aromatic carbocycles. The average molecular weight is 405 g/mol. The van der Waals surface area contributed by atoms with Crippen LogP contribution >= 0.6 is 0 Å². The molecule has 0 radical (unpaired) electrons. The Morgan fingerprint density at radius 2 is 1.41 bits per heavy atom. The van der Waals surface area contributed by atoms with Crippen LogP contribution in [-0.2, 0) is 6.42 Å². The van der Waals surface area contributed by atoms with Crippen LogP contribution in [0.1, 0.15) is 116 Å². The van der Waals surface area contributed by atoms with Crippen molar-refractivity contribution >= 4 is 0 Å². The smallest absolute Gasteiger partial charge is 0.130 e. The summed E-state index contributed by atoms with van der Waals surface area (Å²) in [5.74, 6) is 2.46. The van der Waals surface area contributed by atoms with Crippen molar-refractivity contribution in [3.63, 3.8) is 0 Å². The zero-order valence-electron chi connectivity index (χ0n) is 19.2. The van der Waals surface area contributed by atoms with Gasteiger partial charge in [-0.05, 0) is 49.1 Å². The quantitative estimate of drug-likeness (QED) is 0.265. The third-order valence-corrected chi connectivity index (χ3v) is 6.78. The first-order valence-electron chi connectivity index (χ1n) is 12.6. The molecule has 0 bridgehead atoms. The van der Waals surface area contributed by atoms with Gasteiger partial charge in [-0.25, -0.2) is 4.39 Å². The number of benzene rings is 1. The number of hydrogen-bond donors (Lipinski definition) is 0. The summed E-state index contributed by atoms with van der Waals surface area (Å²) >= 11 is 0. The normalized spacial score (nSPS) is 19.4. The number of aryl methyl sites for hydroxylation is 1. The largest absolute Gasteiger partial charge is 0.493 e. The van der Waals surface area contributed by atoms with Gasteiger partial charge >= 0.3 is 0 Å². The Balaban J connectivity index is 1.57. The van der Waals surface area contributed by atoms with Crippen LogP contribution in [0.3, 0.4) is 0 Å². The van der Waals surface area contributed by atoms with E-state index in [1.807, 2.05) is 12.1 Å². The van der Waals surface area contributed by atoms with Gasteiger partial charge in [-0.15, -0.1) is 0 Å². The van der Waals surface area contributed by atoms with E-state index < -0.39 is 0 Å². The van der Waals surface area contributed by atoms with Gasteiger partial charge < -0.3 is 4.74 Å². The summed E-state index contributed by atoms with van der Waals surface area (Å²) < 4.78 is 20.1. The minimum Gasteiger partial charge on any atom is -0.493 e. The van der Waals surface area contributed by atoms with Gasteiger partial charge in [0.1, 0.15) is 11.6 Å². The molecule has 0 amide bonds. The molecule has 1 nitrogen and oxygen atoms in total. The van der Waals surface area contributed by atoms with Gasteiger partial charge in [-0.3, -0.25) is 0 Å². The van der Waals surface area contributed by atoms with E-state index in [0.29, 0.717) is 12.4 Å². The van der Waals surface area contributed by atoms with Gasteiger partial charge in [0.25, 0.3) is 0 Å². The molecule has 1 aromatic rings. The van der Waals surface area contributed by atoms with Crippen molar-refractivity contribution in [1.82, 2.24) is 0 Å². The Morgan fingerprint density at radius 1 is 0.793 bits per heavy atom. The minimum absolute atomic E-state index is 0.0978. The zero-order valence-corrected chi connectivity index (χ0v) is 19.2. The van der Waals surface area contributed by atoms with E-state index in [2.05, 4.69) is 13.8 Å². The van der Waals surface area contributed by atoms with Crippen LogP contribution in [-0.4, -0.2) is 6.61 Å². The third-order valence-electron chi connectivity index (χ3n) is 6.78. The van der Waals surface area contributed by atoms with Crippen molar-refractivity contribution in [2.24, 2.45) is 11.8 Å². The lowest BCUT2D eigenvalue weighted by Gasteiger charge is -2.28. The lowest BCUT2D eigenvalue weighted by molar-refractivity contribution is 0.228. The first kappa shape index (κ1) is 24.2. The van der Waals surface area contributed by atoms with Crippen LogP contribution < -0.4 is 4.74 Å². The van der Waals surface area contributed by atoms with Crippen LogP contribution in [0.15, 0.2) is 18.2 Å². The summed E-state index contributed by atoms with van der Waals surface area (Å²) in [6.45, 7) is 5.22. The SMILES string of the molecule is CCCCCCCc1ccc(OCCCC2CCC(CCCCC)CC2)cc1F. The third kappa shape index (κ3) is 10.0. The summed E-state index contributed by atoms with van der Waals surface area (Å²) in [6.07, 6.45) is 20.6. The maximum absolute atomic E-state index is 14.3. The number of ether oxygens (including phenoxy) is 1. The molecule has 1 saturated carbocycles. The molecule has 1 fully saturated rings. The van der Waals surface area contributed by atoms with Crippen LogP contribution in [0.2, 0.25) is 0 Å². The molecule has 0 saturated heterocycles. The van der Waals surface area contributed by atoms with Crippen molar-refractivity contribution in [2.45, 2.75) is 117 Å². The topological polar surface area (TPSA) is 9.23 Å². The summed E-state index contributed by atoms with van der Waals surface area (Å²) in [6, 6.07) is 5.46. The van der Waals surface area contributed by atoms with E-state index >= 15 is 0 Å². The Bertz CT molecular complexity index is 533. The monoisotopic (exact) mass is 404 g/mol. The van der Waals surface area contributed by atoms with Crippen molar-refractivity contribution in [1.29, 1.82) is 0 Å². The Kier molecular flexibility index (Phi) is 12.4. The number of unbranched alkanes of at least 4 members (excludes halogenated alkanes) is 6. The second kappa shape index (κ2) is 14.9. The highest BCUT2D eigenvalue weighted by atomic mass is 19.1. The fraction of sp³-hybridized carbons (Fsp3) is 0.778. The summed E-state index contributed by atoms with van der Waals surface area (Å²) in [5, 5.41) is 0. The van der Waals surface area contributed by atoms with E-state index in [4.69, 9.17) is 4.74 Å². The van der Waals surface area contributed by atoms with Gasteiger partial charge in [0.2, 0.25) is 0 Å². The van der Waals surface area contributed by atoms with Crippen LogP contribution in [0.4, 0.5) is 4.39 Å². The Hall–Kier alpha value is -1.05. The maximum atomic E-state index is 14.3. The fourth-order valence-corrected chi connectivity index (χ4v) is 4.79. The van der Waals surface area contributed by atoms with E-state index in [-0.39, 0.29) is 5.82 Å². The Labute approximate surface area is 179 Å². The first-order valence-corrected chi connectivity index (χ1v) is 12.6. The summed E-state index contributed by atoms with van der Waals surface area (Å²) in [4.78, 5) is 0. The molecule has 1 aliphatic rings. The number of hydrogen-bond acceptors (Lipinski definition) is 1. The van der Waals surface area contributed by atoms with E-state index in [1.54, 1.807) is 6.07 Å². The van der Waals surface area contributed by atoms with E-state index in [1.165, 1.54) is 83.5 Å². The highest BCUT2D eigenvalue weighted by molar-refractivity contribution is 5.29. The molecule has 2 heteroatoms. The van der Waals surface area contributed by atoms with Gasteiger partial charge in [-0.1, -0.05) is 97.0 Å². The van der Waals surface area contributed by atoms with E-state index in [0.717, 1.165) is 36.7 Å². The second-order valence-electron chi connectivity index (χ2n) is 9.29. The minimum atomic E-state index is -0.0978. The fourth-order valence-electron chi connectivity index (χ4n) is 4.79. The van der Waals surface area contributed by atoms with Crippen molar-refractivity contribution in [2.75, 3.05) is 6.61 Å². The molecule has 0 unspecified atom stereocenters. The predicted octanol–water partition coefficient (Wildman–Crippen LogP) is 8.88. The molecule has 166 valence electrons. The van der Waals surface area contributed by atoms with Gasteiger partial charge in [0.15, 0.2) is 0 Å². The lowest BCUT2D eigenvalue weighted by Crippen LogP contribution is -2.15. The van der Waals surface area contributed by atoms with Crippen molar-refractivity contribution in [3.8, 4) is 5.75 Å². The Morgan fingerprint density at radius 3 is 2.07 bits per heavy atom. The summed E-state index contributed by atoms with van der Waals surface area (Å²) in [5.41, 5.74) is 0.838. The molecule has 0 heterocycles. The molecule has 0 atom stereocenters. The van der Waals surface area contributed by atoms with Gasteiger partial charge in [-0.2, -0.15) is 0 Å². The molecule has 2 rings (SSSR count). The molecular weight excluding hydrogens is 359 g/mol. The molecule has 1 aliphatic carbocycles. The molecule has 0 spiro atoms. The number of halogens is 1. The molecule has 0 aromatic heterocycles. The average Bonchev–Trinajstić information content (AvgIpc) is 2.73. The number of rotatable bonds is 15. The maximum Gasteiger partial charge on any atom is 0.130 e. The van der Waals surface area contributed by atoms with E-state index in [9.17, 15) is 4.39 Å². The van der Waals surface area contributed by atoms with Gasteiger partial charge in [0, 0.05) is 6.07 Å². The first-order chi connectivity index (χ1) is 14.2. The van der Waals surface area contributed by atoms with Crippen molar-refractivity contribution in [3.05, 3.63) is 29.6 Å². The lowest BCUT2D eigenvalue weighted by atomic mass is 9.78. The standard InChI is InChI=1S/C27H45FO/c1-3-5-7-8-10-14-25-19-20-26(22-27(25)28)29-21-11-13-24-17-15-23(16-18-24)12-9-6-4-2/h19-20,22-24H,3-18,21H2,1-2H3. The zero-order chi connectivity index (χ0) is 20.7. The van der Waals surface area contributed by atoms with Gasteiger partial charge in [0.05, 0.1) is 6.61 Å². The second-order valence-corrected chi connectivity index (χ2v) is 9.29. The van der Waals surface area contributed by atoms with Crippen LogP contribution in [0, 0.1) is 17.7 Å². The summed E-state index contributed by atoms with van der Waals surface area (Å²) in [7, 11) is 0. The highest BCUT2D eigenvalue weighted by Crippen LogP contribution is 2.34. The molecule has 0 aliphatic heterocycles. The van der Waals surface area contributed by atoms with Crippen LogP contribution in [0.5, 0.6) is 5.75 Å². The van der Waals surface area contributed by atoms with Crippen molar-refractivity contribution < 1.29 is 9.13 Å². The highest BCUT2D eigenvalue weighted by Gasteiger charge is 2.20. The predicted molar refractivity (Wildman–Crippen MR) is 123 cm³/mol. The molecular formula is C27H45FO. The molecule has 29 heavy (non-hydrogen) atoms.